The number of halogens is 2. The Kier molecular flexibility index (Phi) is 3.47. The second kappa shape index (κ2) is 4.42. The summed E-state index contributed by atoms with van der Waals surface area (Å²) in [5.74, 6) is -0.885. The van der Waals surface area contributed by atoms with Gasteiger partial charge in [-0.1, -0.05) is 6.07 Å². The summed E-state index contributed by atoms with van der Waals surface area (Å²) in [5, 5.41) is 0. The molecule has 0 atom stereocenters. The van der Waals surface area contributed by atoms with Crippen molar-refractivity contribution in [3.8, 4) is 0 Å². The molecule has 0 radical (unpaired) electrons. The number of rotatable bonds is 2. The molecule has 4 heteroatoms. The van der Waals surface area contributed by atoms with Crippen LogP contribution in [-0.4, -0.2) is 18.8 Å². The van der Waals surface area contributed by atoms with E-state index in [1.54, 1.807) is 19.1 Å². The zero-order valence-electron chi connectivity index (χ0n) is 8.05. The van der Waals surface area contributed by atoms with Crippen LogP contribution in [0, 0.1) is 12.7 Å². The van der Waals surface area contributed by atoms with Gasteiger partial charge in [-0.25, -0.2) is 4.39 Å². The Balaban J connectivity index is 3.01. The Bertz CT molecular complexity index is 354. The monoisotopic (exact) mass is 215 g/mol. The smallest absolute Gasteiger partial charge is 0.241 e. The average Bonchev–Trinajstić information content (AvgIpc) is 2.15. The number of carbonyl (C=O) groups is 1. The number of alkyl halides is 1. The summed E-state index contributed by atoms with van der Waals surface area (Å²) in [6, 6.07) is 4.69. The van der Waals surface area contributed by atoms with Gasteiger partial charge in [0.25, 0.3) is 0 Å². The van der Waals surface area contributed by atoms with Gasteiger partial charge in [0.1, 0.15) is 11.7 Å². The molecule has 0 spiro atoms. The lowest BCUT2D eigenvalue weighted by Crippen LogP contribution is -2.28. The molecule has 0 saturated heterocycles. The predicted molar refractivity (Wildman–Crippen MR) is 55.3 cm³/mol. The van der Waals surface area contributed by atoms with Crippen molar-refractivity contribution in [2.45, 2.75) is 6.92 Å². The fourth-order valence-corrected chi connectivity index (χ4v) is 1.29. The standard InChI is InChI=1S/C10H11ClFNO/c1-7-3-4-9(8(12)5-7)13(2)10(14)6-11/h3-5H,6H2,1-2H3. The third-order valence-electron chi connectivity index (χ3n) is 1.95. The second-order valence-corrected chi connectivity index (χ2v) is 3.31. The fourth-order valence-electron chi connectivity index (χ4n) is 1.11. The normalized spacial score (nSPS) is 10.0. The topological polar surface area (TPSA) is 20.3 Å². The first kappa shape index (κ1) is 11.0. The lowest BCUT2D eigenvalue weighted by Gasteiger charge is -2.16. The van der Waals surface area contributed by atoms with E-state index in [9.17, 15) is 9.18 Å². The van der Waals surface area contributed by atoms with Crippen LogP contribution in [0.5, 0.6) is 0 Å². The summed E-state index contributed by atoms with van der Waals surface area (Å²) in [6.45, 7) is 1.79. The van der Waals surface area contributed by atoms with Crippen molar-refractivity contribution in [2.75, 3.05) is 17.8 Å². The number of aryl methyl sites for hydroxylation is 1. The first-order chi connectivity index (χ1) is 6.56. The molecule has 2 nitrogen and oxygen atoms in total. The molecule has 0 bridgehead atoms. The van der Waals surface area contributed by atoms with Crippen molar-refractivity contribution in [2.24, 2.45) is 0 Å². The van der Waals surface area contributed by atoms with E-state index in [0.29, 0.717) is 0 Å². The maximum Gasteiger partial charge on any atom is 0.241 e. The maximum atomic E-state index is 13.4. The summed E-state index contributed by atoms with van der Waals surface area (Å²) < 4.78 is 13.4. The first-order valence-electron chi connectivity index (χ1n) is 4.15. The molecule has 76 valence electrons. The van der Waals surface area contributed by atoms with Crippen LogP contribution in [0.1, 0.15) is 5.56 Å². The third-order valence-corrected chi connectivity index (χ3v) is 2.18. The van der Waals surface area contributed by atoms with Crippen LogP contribution in [0.25, 0.3) is 0 Å². The molecule has 14 heavy (non-hydrogen) atoms. The number of anilines is 1. The highest BCUT2D eigenvalue weighted by molar-refractivity contribution is 6.29. The molecule has 1 aromatic rings. The van der Waals surface area contributed by atoms with Crippen molar-refractivity contribution in [3.63, 3.8) is 0 Å². The van der Waals surface area contributed by atoms with Crippen LogP contribution in [0.3, 0.4) is 0 Å². The predicted octanol–water partition coefficient (Wildman–Crippen LogP) is 2.34. The van der Waals surface area contributed by atoms with Gasteiger partial charge in [-0.05, 0) is 24.6 Å². The highest BCUT2D eigenvalue weighted by Crippen LogP contribution is 2.19. The van der Waals surface area contributed by atoms with E-state index in [-0.39, 0.29) is 17.5 Å². The van der Waals surface area contributed by atoms with Gasteiger partial charge in [0.2, 0.25) is 5.91 Å². The third kappa shape index (κ3) is 2.23. The van der Waals surface area contributed by atoms with E-state index >= 15 is 0 Å². The molecule has 0 saturated carbocycles. The van der Waals surface area contributed by atoms with Crippen molar-refractivity contribution >= 4 is 23.2 Å². The number of hydrogen-bond acceptors (Lipinski definition) is 1. The molecule has 0 unspecified atom stereocenters. The lowest BCUT2D eigenvalue weighted by atomic mass is 10.2. The Morgan fingerprint density at radius 3 is 2.71 bits per heavy atom. The molecular formula is C10H11ClFNO. The first-order valence-corrected chi connectivity index (χ1v) is 4.68. The van der Waals surface area contributed by atoms with Gasteiger partial charge < -0.3 is 4.90 Å². The van der Waals surface area contributed by atoms with Gasteiger partial charge in [0.15, 0.2) is 0 Å². The Morgan fingerprint density at radius 2 is 2.21 bits per heavy atom. The number of hydrogen-bond donors (Lipinski definition) is 0. The average molecular weight is 216 g/mol. The molecule has 0 aliphatic carbocycles. The fraction of sp³-hybridized carbons (Fsp3) is 0.300. The summed E-state index contributed by atoms with van der Waals surface area (Å²) in [7, 11) is 1.50. The minimum absolute atomic E-state index is 0.149. The minimum atomic E-state index is -0.411. The van der Waals surface area contributed by atoms with E-state index in [1.807, 2.05) is 0 Å². The van der Waals surface area contributed by atoms with Crippen molar-refractivity contribution in [3.05, 3.63) is 29.6 Å². The van der Waals surface area contributed by atoms with Crippen molar-refractivity contribution in [1.29, 1.82) is 0 Å². The zero-order valence-corrected chi connectivity index (χ0v) is 8.81. The molecule has 0 heterocycles. The molecule has 0 aliphatic rings. The van der Waals surface area contributed by atoms with E-state index in [2.05, 4.69) is 0 Å². The van der Waals surface area contributed by atoms with Gasteiger partial charge in [0.05, 0.1) is 5.69 Å². The Morgan fingerprint density at radius 1 is 1.57 bits per heavy atom. The van der Waals surface area contributed by atoms with Gasteiger partial charge in [0, 0.05) is 7.05 Å². The van der Waals surface area contributed by atoms with E-state index in [1.165, 1.54) is 18.0 Å². The Labute approximate surface area is 87.3 Å². The zero-order chi connectivity index (χ0) is 10.7. The molecule has 0 aromatic heterocycles. The number of benzene rings is 1. The van der Waals surface area contributed by atoms with E-state index in [0.717, 1.165) is 5.56 Å². The van der Waals surface area contributed by atoms with Gasteiger partial charge >= 0.3 is 0 Å². The number of nitrogens with zero attached hydrogens (tertiary/aromatic N) is 1. The highest BCUT2D eigenvalue weighted by Gasteiger charge is 2.13. The van der Waals surface area contributed by atoms with Crippen LogP contribution >= 0.6 is 11.6 Å². The summed E-state index contributed by atoms with van der Waals surface area (Å²) in [6.07, 6.45) is 0. The van der Waals surface area contributed by atoms with Crippen molar-refractivity contribution < 1.29 is 9.18 Å². The Hall–Kier alpha value is -1.09. The highest BCUT2D eigenvalue weighted by atomic mass is 35.5. The van der Waals surface area contributed by atoms with Crippen molar-refractivity contribution in [1.82, 2.24) is 0 Å². The molecule has 1 amide bonds. The molecule has 1 rings (SSSR count). The second-order valence-electron chi connectivity index (χ2n) is 3.04. The molecule has 0 N–H and O–H groups in total. The van der Waals surface area contributed by atoms with Crippen LogP contribution in [0.4, 0.5) is 10.1 Å². The summed E-state index contributed by atoms with van der Waals surface area (Å²) in [4.78, 5) is 12.4. The SMILES string of the molecule is Cc1ccc(N(C)C(=O)CCl)c(F)c1. The van der Waals surface area contributed by atoms with Crippen LogP contribution in [0.15, 0.2) is 18.2 Å². The lowest BCUT2D eigenvalue weighted by molar-refractivity contribution is -0.116. The van der Waals surface area contributed by atoms with Gasteiger partial charge in [-0.15, -0.1) is 11.6 Å². The maximum absolute atomic E-state index is 13.4. The quantitative estimate of drug-likeness (QED) is 0.694. The molecular weight excluding hydrogens is 205 g/mol. The summed E-state index contributed by atoms with van der Waals surface area (Å²) >= 11 is 5.37. The van der Waals surface area contributed by atoms with Crippen LogP contribution < -0.4 is 4.90 Å². The van der Waals surface area contributed by atoms with Crippen LogP contribution in [0.2, 0.25) is 0 Å². The molecule has 0 aliphatic heterocycles. The minimum Gasteiger partial charge on any atom is -0.312 e. The number of carbonyl (C=O) groups excluding carboxylic acids is 1. The summed E-state index contributed by atoms with van der Waals surface area (Å²) in [5.41, 5.74) is 1.07. The van der Waals surface area contributed by atoms with Gasteiger partial charge in [-0.3, -0.25) is 4.79 Å². The van der Waals surface area contributed by atoms with E-state index in [4.69, 9.17) is 11.6 Å². The van der Waals surface area contributed by atoms with Gasteiger partial charge in [-0.2, -0.15) is 0 Å². The largest absolute Gasteiger partial charge is 0.312 e. The molecule has 1 aromatic carbocycles. The molecule has 0 fully saturated rings. The number of amides is 1. The van der Waals surface area contributed by atoms with Crippen LogP contribution in [-0.2, 0) is 4.79 Å². The van der Waals surface area contributed by atoms with E-state index < -0.39 is 5.82 Å².